The van der Waals surface area contributed by atoms with Crippen LogP contribution in [0.15, 0.2) is 53.5 Å². The Balaban J connectivity index is 1.54. The molecule has 1 aliphatic heterocycles. The molecule has 6 heteroatoms. The van der Waals surface area contributed by atoms with Gasteiger partial charge in [-0.15, -0.1) is 0 Å². The highest BCUT2D eigenvalue weighted by atomic mass is 16.5. The Kier molecular flexibility index (Phi) is 7.00. The van der Waals surface area contributed by atoms with Crippen LogP contribution in [0.4, 0.5) is 0 Å². The second kappa shape index (κ2) is 9.88. The summed E-state index contributed by atoms with van der Waals surface area (Å²) in [5.41, 5.74) is 1.03. The molecule has 0 aliphatic carbocycles. The van der Waals surface area contributed by atoms with Gasteiger partial charge in [-0.25, -0.2) is 0 Å². The van der Waals surface area contributed by atoms with Crippen molar-refractivity contribution in [2.75, 3.05) is 34.4 Å². The Morgan fingerprint density at radius 3 is 2.43 bits per heavy atom. The summed E-state index contributed by atoms with van der Waals surface area (Å²) in [6.45, 7) is 2.44. The SMILES string of the molecule is CN=C(NCc1cccc(OC)c1OC)N1CCC(Oc2ccccc2)CC1. The lowest BCUT2D eigenvalue weighted by Gasteiger charge is -2.34. The number of nitrogens with zero attached hydrogens (tertiary/aromatic N) is 2. The molecule has 0 unspecified atom stereocenters. The van der Waals surface area contributed by atoms with Crippen LogP contribution in [0.25, 0.3) is 0 Å². The Labute approximate surface area is 167 Å². The summed E-state index contributed by atoms with van der Waals surface area (Å²) in [7, 11) is 5.13. The molecule has 6 nitrogen and oxygen atoms in total. The van der Waals surface area contributed by atoms with E-state index in [2.05, 4.69) is 15.2 Å². The normalized spacial score (nSPS) is 15.2. The Bertz CT molecular complexity index is 772. The maximum Gasteiger partial charge on any atom is 0.193 e. The molecule has 0 spiro atoms. The molecule has 1 saturated heterocycles. The van der Waals surface area contributed by atoms with Crippen molar-refractivity contribution in [2.45, 2.75) is 25.5 Å². The molecular formula is C22H29N3O3. The smallest absolute Gasteiger partial charge is 0.193 e. The zero-order valence-corrected chi connectivity index (χ0v) is 16.9. The number of hydrogen-bond acceptors (Lipinski definition) is 4. The van der Waals surface area contributed by atoms with E-state index in [1.807, 2.05) is 55.6 Å². The lowest BCUT2D eigenvalue weighted by Crippen LogP contribution is -2.47. The molecule has 0 amide bonds. The highest BCUT2D eigenvalue weighted by Crippen LogP contribution is 2.30. The minimum Gasteiger partial charge on any atom is -0.493 e. The van der Waals surface area contributed by atoms with Gasteiger partial charge in [-0.1, -0.05) is 30.3 Å². The highest BCUT2D eigenvalue weighted by molar-refractivity contribution is 5.80. The van der Waals surface area contributed by atoms with Gasteiger partial charge in [0.15, 0.2) is 17.5 Å². The average Bonchev–Trinajstić information content (AvgIpc) is 2.75. The van der Waals surface area contributed by atoms with E-state index in [9.17, 15) is 0 Å². The number of benzene rings is 2. The number of aliphatic imine (C=N–C) groups is 1. The van der Waals surface area contributed by atoms with Gasteiger partial charge >= 0.3 is 0 Å². The van der Waals surface area contributed by atoms with Crippen molar-refractivity contribution in [1.82, 2.24) is 10.2 Å². The maximum absolute atomic E-state index is 6.08. The van der Waals surface area contributed by atoms with Gasteiger partial charge in [-0.2, -0.15) is 0 Å². The van der Waals surface area contributed by atoms with Crippen molar-refractivity contribution in [3.8, 4) is 17.2 Å². The molecule has 0 aromatic heterocycles. The third kappa shape index (κ3) is 4.88. The fourth-order valence-electron chi connectivity index (χ4n) is 3.48. The molecule has 28 heavy (non-hydrogen) atoms. The summed E-state index contributed by atoms with van der Waals surface area (Å²) in [5.74, 6) is 3.31. The van der Waals surface area contributed by atoms with Crippen LogP contribution < -0.4 is 19.5 Å². The monoisotopic (exact) mass is 383 g/mol. The van der Waals surface area contributed by atoms with E-state index in [4.69, 9.17) is 14.2 Å². The van der Waals surface area contributed by atoms with Crippen LogP contribution >= 0.6 is 0 Å². The van der Waals surface area contributed by atoms with Crippen molar-refractivity contribution < 1.29 is 14.2 Å². The van der Waals surface area contributed by atoms with E-state index in [1.54, 1.807) is 14.2 Å². The Morgan fingerprint density at radius 1 is 1.04 bits per heavy atom. The van der Waals surface area contributed by atoms with Gasteiger partial charge in [-0.3, -0.25) is 4.99 Å². The molecule has 2 aromatic carbocycles. The van der Waals surface area contributed by atoms with E-state index >= 15 is 0 Å². The van der Waals surface area contributed by atoms with Gasteiger partial charge in [0.05, 0.1) is 14.2 Å². The number of piperidine rings is 1. The summed E-state index contributed by atoms with van der Waals surface area (Å²) in [6.07, 6.45) is 2.19. The third-order valence-electron chi connectivity index (χ3n) is 4.92. The molecule has 0 bridgehead atoms. The molecule has 0 radical (unpaired) electrons. The molecule has 1 heterocycles. The second-order valence-electron chi connectivity index (χ2n) is 6.67. The van der Waals surface area contributed by atoms with Crippen LogP contribution in [-0.4, -0.2) is 51.3 Å². The van der Waals surface area contributed by atoms with Crippen molar-refractivity contribution in [1.29, 1.82) is 0 Å². The number of nitrogens with one attached hydrogen (secondary N) is 1. The quantitative estimate of drug-likeness (QED) is 0.613. The molecule has 1 N–H and O–H groups in total. The van der Waals surface area contributed by atoms with E-state index in [-0.39, 0.29) is 6.10 Å². The first-order valence-corrected chi connectivity index (χ1v) is 9.62. The summed E-state index contributed by atoms with van der Waals surface area (Å²) >= 11 is 0. The van der Waals surface area contributed by atoms with Gasteiger partial charge in [0.2, 0.25) is 0 Å². The van der Waals surface area contributed by atoms with Crippen LogP contribution in [0.2, 0.25) is 0 Å². The van der Waals surface area contributed by atoms with E-state index < -0.39 is 0 Å². The highest BCUT2D eigenvalue weighted by Gasteiger charge is 2.23. The van der Waals surface area contributed by atoms with Crippen molar-refractivity contribution in [2.24, 2.45) is 4.99 Å². The lowest BCUT2D eigenvalue weighted by atomic mass is 10.1. The van der Waals surface area contributed by atoms with Gasteiger partial charge in [0, 0.05) is 45.1 Å². The fourth-order valence-corrected chi connectivity index (χ4v) is 3.48. The zero-order chi connectivity index (χ0) is 19.8. The number of likely N-dealkylation sites (tertiary alicyclic amines) is 1. The number of para-hydroxylation sites is 2. The van der Waals surface area contributed by atoms with Crippen molar-refractivity contribution in [3.63, 3.8) is 0 Å². The summed E-state index contributed by atoms with van der Waals surface area (Å²) in [5, 5.41) is 3.45. The summed E-state index contributed by atoms with van der Waals surface area (Å²) in [4.78, 5) is 6.73. The van der Waals surface area contributed by atoms with Crippen LogP contribution in [-0.2, 0) is 6.54 Å². The van der Waals surface area contributed by atoms with Crippen LogP contribution in [0.1, 0.15) is 18.4 Å². The molecule has 3 rings (SSSR count). The summed E-state index contributed by atoms with van der Waals surface area (Å²) < 4.78 is 17.0. The largest absolute Gasteiger partial charge is 0.493 e. The number of ether oxygens (including phenoxy) is 3. The van der Waals surface area contributed by atoms with Crippen LogP contribution in [0.5, 0.6) is 17.2 Å². The van der Waals surface area contributed by atoms with Gasteiger partial charge in [-0.05, 0) is 18.2 Å². The van der Waals surface area contributed by atoms with Crippen LogP contribution in [0.3, 0.4) is 0 Å². The molecule has 150 valence electrons. The molecular weight excluding hydrogens is 354 g/mol. The second-order valence-corrected chi connectivity index (χ2v) is 6.67. The average molecular weight is 383 g/mol. The summed E-state index contributed by atoms with van der Waals surface area (Å²) in [6, 6.07) is 15.9. The van der Waals surface area contributed by atoms with E-state index in [0.29, 0.717) is 6.54 Å². The maximum atomic E-state index is 6.08. The first-order valence-electron chi connectivity index (χ1n) is 9.62. The predicted molar refractivity (Wildman–Crippen MR) is 111 cm³/mol. The first-order chi connectivity index (χ1) is 13.7. The fraction of sp³-hybridized carbons (Fsp3) is 0.409. The Hall–Kier alpha value is -2.89. The van der Waals surface area contributed by atoms with Crippen molar-refractivity contribution in [3.05, 3.63) is 54.1 Å². The van der Waals surface area contributed by atoms with Gasteiger partial charge in [0.1, 0.15) is 11.9 Å². The van der Waals surface area contributed by atoms with E-state index in [0.717, 1.165) is 54.7 Å². The zero-order valence-electron chi connectivity index (χ0n) is 16.9. The molecule has 1 fully saturated rings. The minimum atomic E-state index is 0.246. The van der Waals surface area contributed by atoms with Gasteiger partial charge < -0.3 is 24.4 Å². The standard InChI is InChI=1S/C22H29N3O3/c1-23-22(24-16-17-8-7-11-20(26-2)21(17)27-3)25-14-12-19(13-15-25)28-18-9-5-4-6-10-18/h4-11,19H,12-16H2,1-3H3,(H,23,24). The molecule has 0 saturated carbocycles. The Morgan fingerprint density at radius 2 is 1.79 bits per heavy atom. The predicted octanol–water partition coefficient (Wildman–Crippen LogP) is 3.32. The van der Waals surface area contributed by atoms with Crippen molar-refractivity contribution >= 4 is 5.96 Å². The first kappa shape index (κ1) is 19.9. The minimum absolute atomic E-state index is 0.246. The van der Waals surface area contributed by atoms with Gasteiger partial charge in [0.25, 0.3) is 0 Å². The molecule has 1 aliphatic rings. The van der Waals surface area contributed by atoms with E-state index in [1.165, 1.54) is 0 Å². The van der Waals surface area contributed by atoms with Crippen LogP contribution in [0, 0.1) is 0 Å². The number of guanidine groups is 1. The molecule has 0 atom stereocenters. The number of hydrogen-bond donors (Lipinski definition) is 1. The molecule has 2 aromatic rings. The lowest BCUT2D eigenvalue weighted by molar-refractivity contribution is 0.129. The topological polar surface area (TPSA) is 55.3 Å². The number of rotatable bonds is 6. The number of methoxy groups -OCH3 is 2. The third-order valence-corrected chi connectivity index (χ3v) is 4.92.